The van der Waals surface area contributed by atoms with Gasteiger partial charge in [-0.05, 0) is 48.4 Å². The van der Waals surface area contributed by atoms with Gasteiger partial charge in [-0.15, -0.1) is 0 Å². The van der Waals surface area contributed by atoms with Crippen molar-refractivity contribution in [2.45, 2.75) is 57.5 Å². The van der Waals surface area contributed by atoms with E-state index in [9.17, 15) is 9.59 Å². The van der Waals surface area contributed by atoms with Crippen molar-refractivity contribution >= 4 is 22.8 Å². The molecule has 0 radical (unpaired) electrons. The molecular weight excluding hydrogens is 484 g/mol. The molecule has 1 atom stereocenters. The van der Waals surface area contributed by atoms with E-state index in [0.29, 0.717) is 12.8 Å². The molecule has 39 heavy (non-hydrogen) atoms. The lowest BCUT2D eigenvalue weighted by Crippen LogP contribution is -2.35. The molecule has 0 saturated carbocycles. The van der Waals surface area contributed by atoms with Crippen LogP contribution in [0.5, 0.6) is 0 Å². The predicted molar refractivity (Wildman–Crippen MR) is 158 cm³/mol. The fourth-order valence-electron chi connectivity index (χ4n) is 4.96. The average Bonchev–Trinajstić information content (AvgIpc) is 3.31. The van der Waals surface area contributed by atoms with Gasteiger partial charge in [0, 0.05) is 36.1 Å². The van der Waals surface area contributed by atoms with E-state index in [1.807, 2.05) is 36.4 Å². The topological polar surface area (TPSA) is 60.3 Å². The van der Waals surface area contributed by atoms with Crippen LogP contribution < -0.4 is 5.32 Å². The molecule has 4 aromatic rings. The van der Waals surface area contributed by atoms with Gasteiger partial charge in [0.05, 0.1) is 13.2 Å². The lowest BCUT2D eigenvalue weighted by atomic mass is 10.0. The fraction of sp³-hybridized carbons (Fsp3) is 0.294. The number of esters is 1. The number of methoxy groups -OCH3 is 1. The van der Waals surface area contributed by atoms with Crippen LogP contribution in [0.25, 0.3) is 10.9 Å². The van der Waals surface area contributed by atoms with Crippen LogP contribution >= 0.6 is 0 Å². The van der Waals surface area contributed by atoms with Gasteiger partial charge < -0.3 is 14.6 Å². The highest BCUT2D eigenvalue weighted by atomic mass is 16.5. The van der Waals surface area contributed by atoms with Gasteiger partial charge in [-0.2, -0.15) is 0 Å². The number of hydrogen-bond acceptors (Lipinski definition) is 3. The Morgan fingerprint density at radius 3 is 2.26 bits per heavy atom. The van der Waals surface area contributed by atoms with E-state index in [0.717, 1.165) is 55.1 Å². The van der Waals surface area contributed by atoms with E-state index in [4.69, 9.17) is 4.74 Å². The minimum Gasteiger partial charge on any atom is -0.466 e. The quantitative estimate of drug-likeness (QED) is 0.115. The molecular formula is C34H38N2O3. The molecule has 202 valence electrons. The van der Waals surface area contributed by atoms with Gasteiger partial charge >= 0.3 is 5.97 Å². The molecule has 0 fully saturated rings. The van der Waals surface area contributed by atoms with Crippen molar-refractivity contribution in [3.8, 4) is 0 Å². The maximum absolute atomic E-state index is 12.9. The van der Waals surface area contributed by atoms with E-state index in [2.05, 4.69) is 64.6 Å². The molecule has 0 aliphatic carbocycles. The van der Waals surface area contributed by atoms with Gasteiger partial charge in [0.1, 0.15) is 0 Å². The summed E-state index contributed by atoms with van der Waals surface area (Å²) in [5, 5.41) is 4.29. The molecule has 5 heteroatoms. The Hall–Kier alpha value is -4.12. The predicted octanol–water partition coefficient (Wildman–Crippen LogP) is 6.64. The Kier molecular flexibility index (Phi) is 10.5. The minimum atomic E-state index is -0.431. The van der Waals surface area contributed by atoms with E-state index in [-0.39, 0.29) is 11.9 Å². The van der Waals surface area contributed by atoms with Crippen LogP contribution in [0.15, 0.2) is 103 Å². The molecule has 0 bridgehead atoms. The lowest BCUT2D eigenvalue weighted by Gasteiger charge is -2.15. The molecule has 1 N–H and O–H groups in total. The van der Waals surface area contributed by atoms with E-state index >= 15 is 0 Å². The maximum Gasteiger partial charge on any atom is 0.330 e. The summed E-state index contributed by atoms with van der Waals surface area (Å²) in [5.41, 5.74) is 4.86. The van der Waals surface area contributed by atoms with Gasteiger partial charge in [-0.1, -0.05) is 97.8 Å². The molecule has 3 aromatic carbocycles. The zero-order valence-electron chi connectivity index (χ0n) is 22.7. The highest BCUT2D eigenvalue weighted by molar-refractivity contribution is 5.85. The number of amides is 1. The van der Waals surface area contributed by atoms with E-state index in [1.54, 1.807) is 6.08 Å². The molecule has 5 nitrogen and oxygen atoms in total. The number of aromatic nitrogens is 1. The van der Waals surface area contributed by atoms with E-state index in [1.165, 1.54) is 24.3 Å². The molecule has 0 unspecified atom stereocenters. The number of carbonyl (C=O) groups is 2. The van der Waals surface area contributed by atoms with Crippen molar-refractivity contribution in [3.05, 3.63) is 120 Å². The summed E-state index contributed by atoms with van der Waals surface area (Å²) >= 11 is 0. The summed E-state index contributed by atoms with van der Waals surface area (Å²) in [6.07, 6.45) is 11.5. The number of carbonyl (C=O) groups excluding carboxylic acids is 2. The SMILES string of the molecule is COC(=O)/C=C/[C@@H](Cc1cn(Cc2ccccc2)c2ccccc12)NC(=O)CCCCCCc1ccccc1. The van der Waals surface area contributed by atoms with Crippen molar-refractivity contribution in [2.24, 2.45) is 0 Å². The standard InChI is InChI=1S/C34H38N2O3/c1-39-34(38)23-22-30(35-33(37)21-11-3-2-6-14-27-15-7-4-8-16-27)24-29-26-36(25-28-17-9-5-10-18-28)32-20-13-12-19-31(29)32/h4-5,7-10,12-13,15-20,22-23,26,30H,2-3,6,11,14,21,24-25H2,1H3,(H,35,37)/b23-22+/t30-/m0/s1. The Labute approximate surface area is 231 Å². The maximum atomic E-state index is 12.9. The van der Waals surface area contributed by atoms with Crippen LogP contribution in [-0.2, 0) is 33.7 Å². The van der Waals surface area contributed by atoms with Crippen molar-refractivity contribution in [2.75, 3.05) is 7.11 Å². The third-order valence-corrected chi connectivity index (χ3v) is 6.98. The third-order valence-electron chi connectivity index (χ3n) is 6.98. The van der Waals surface area contributed by atoms with Gasteiger partial charge in [-0.3, -0.25) is 4.79 Å². The second kappa shape index (κ2) is 14.7. The van der Waals surface area contributed by atoms with Gasteiger partial charge in [-0.25, -0.2) is 4.79 Å². The van der Waals surface area contributed by atoms with Gasteiger partial charge in [0.2, 0.25) is 5.91 Å². The molecule has 1 amide bonds. The van der Waals surface area contributed by atoms with Crippen molar-refractivity contribution in [1.29, 1.82) is 0 Å². The number of ether oxygens (including phenoxy) is 1. The molecule has 0 spiro atoms. The molecule has 0 aliphatic heterocycles. The normalized spacial score (nSPS) is 12.0. The number of rotatable bonds is 14. The summed E-state index contributed by atoms with van der Waals surface area (Å²) in [7, 11) is 1.36. The monoisotopic (exact) mass is 522 g/mol. The summed E-state index contributed by atoms with van der Waals surface area (Å²) in [5.74, 6) is -0.426. The van der Waals surface area contributed by atoms with Crippen LogP contribution in [0.4, 0.5) is 0 Å². The zero-order chi connectivity index (χ0) is 27.3. The van der Waals surface area contributed by atoms with Gasteiger partial charge in [0.15, 0.2) is 0 Å². The summed E-state index contributed by atoms with van der Waals surface area (Å²) in [6.45, 7) is 0.765. The first-order valence-corrected chi connectivity index (χ1v) is 13.8. The number of nitrogens with zero attached hydrogens (tertiary/aromatic N) is 1. The highest BCUT2D eigenvalue weighted by Crippen LogP contribution is 2.24. The van der Waals surface area contributed by atoms with Crippen LogP contribution in [0.2, 0.25) is 0 Å². The minimum absolute atomic E-state index is 0.00518. The van der Waals surface area contributed by atoms with Crippen molar-refractivity contribution < 1.29 is 14.3 Å². The Morgan fingerprint density at radius 2 is 1.51 bits per heavy atom. The zero-order valence-corrected chi connectivity index (χ0v) is 22.7. The van der Waals surface area contributed by atoms with Crippen LogP contribution in [-0.4, -0.2) is 29.6 Å². The highest BCUT2D eigenvalue weighted by Gasteiger charge is 2.16. The second-order valence-electron chi connectivity index (χ2n) is 9.95. The van der Waals surface area contributed by atoms with Crippen LogP contribution in [0.1, 0.15) is 48.8 Å². The summed E-state index contributed by atoms with van der Waals surface area (Å²) < 4.78 is 7.04. The van der Waals surface area contributed by atoms with Crippen LogP contribution in [0.3, 0.4) is 0 Å². The molecule has 4 rings (SSSR count). The average molecular weight is 523 g/mol. The largest absolute Gasteiger partial charge is 0.466 e. The van der Waals surface area contributed by atoms with Crippen molar-refractivity contribution in [3.63, 3.8) is 0 Å². The third kappa shape index (κ3) is 8.71. The fourth-order valence-corrected chi connectivity index (χ4v) is 4.96. The summed E-state index contributed by atoms with van der Waals surface area (Å²) in [4.78, 5) is 24.7. The van der Waals surface area contributed by atoms with Crippen LogP contribution in [0, 0.1) is 0 Å². The second-order valence-corrected chi connectivity index (χ2v) is 9.95. The smallest absolute Gasteiger partial charge is 0.330 e. The molecule has 1 aromatic heterocycles. The number of hydrogen-bond donors (Lipinski definition) is 1. The van der Waals surface area contributed by atoms with Gasteiger partial charge in [0.25, 0.3) is 0 Å². The number of fused-ring (bicyclic) bond motifs is 1. The number of aryl methyl sites for hydroxylation is 1. The summed E-state index contributed by atoms with van der Waals surface area (Å²) in [6, 6.07) is 28.9. The number of benzene rings is 3. The Balaban J connectivity index is 1.37. The number of unbranched alkanes of at least 4 members (excludes halogenated alkanes) is 3. The molecule has 0 aliphatic rings. The molecule has 1 heterocycles. The van der Waals surface area contributed by atoms with Crippen molar-refractivity contribution in [1.82, 2.24) is 9.88 Å². The lowest BCUT2D eigenvalue weighted by molar-refractivity contribution is -0.135. The Morgan fingerprint density at radius 1 is 0.846 bits per heavy atom. The first-order chi connectivity index (χ1) is 19.1. The number of para-hydroxylation sites is 1. The Bertz CT molecular complexity index is 1360. The van der Waals surface area contributed by atoms with E-state index < -0.39 is 5.97 Å². The first-order valence-electron chi connectivity index (χ1n) is 13.8. The molecule has 0 saturated heterocycles. The first kappa shape index (κ1) is 27.9. The number of nitrogens with one attached hydrogen (secondary N) is 1.